The smallest absolute Gasteiger partial charge is 0.339 e. The Morgan fingerprint density at radius 1 is 1.04 bits per heavy atom. The zero-order valence-corrected chi connectivity index (χ0v) is 32.2. The third-order valence-corrected chi connectivity index (χ3v) is 9.86. The number of nitrogens with one attached hydrogen (secondary N) is 1. The van der Waals surface area contributed by atoms with Crippen molar-refractivity contribution >= 4 is 41.2 Å². The minimum Gasteiger partial charge on any atom is -0.465 e. The van der Waals surface area contributed by atoms with Gasteiger partial charge in [-0.05, 0) is 110 Å². The Balaban J connectivity index is 1.39. The number of esters is 1. The number of pyridine rings is 1. The number of aromatic nitrogens is 5. The van der Waals surface area contributed by atoms with Gasteiger partial charge in [0.2, 0.25) is 5.91 Å². The first-order valence-corrected chi connectivity index (χ1v) is 18.1. The Bertz CT molecular complexity index is 2290. The fourth-order valence-corrected chi connectivity index (χ4v) is 7.00. The standard InChI is InChI=1S/C41H40ClFN8O5/c1-41(2)22-32-29(25-9-11-26(12-10-25)39(54)44-19-20-49(3)4)7-6-8-30(32)38(35(52)21-28-14-13-27(23-45-28)40(55)56-5)51(41)36(53)18-15-31-34(50-24-46-47-48-50)17-16-33(42)37(31)43/h6-18,23-24,38H,19-22H2,1-5H3,(H,44,54)/b18-15+. The molecule has 1 aliphatic rings. The van der Waals surface area contributed by atoms with Crippen LogP contribution in [0.15, 0.2) is 85.3 Å². The molecule has 3 aromatic carbocycles. The van der Waals surface area contributed by atoms with Crippen LogP contribution >= 0.6 is 11.6 Å². The number of carbonyl (C=O) groups excluding carboxylic acids is 4. The van der Waals surface area contributed by atoms with Crippen LogP contribution < -0.4 is 5.32 Å². The van der Waals surface area contributed by atoms with Crippen molar-refractivity contribution in [2.75, 3.05) is 34.3 Å². The fourth-order valence-electron chi connectivity index (χ4n) is 6.84. The average molecular weight is 779 g/mol. The molecule has 13 nitrogen and oxygen atoms in total. The third-order valence-electron chi connectivity index (χ3n) is 9.57. The van der Waals surface area contributed by atoms with Gasteiger partial charge in [-0.1, -0.05) is 41.9 Å². The number of hydrogen-bond acceptors (Lipinski definition) is 10. The number of amides is 2. The van der Waals surface area contributed by atoms with E-state index in [1.165, 1.54) is 59.6 Å². The molecule has 0 saturated heterocycles. The van der Waals surface area contributed by atoms with Crippen LogP contribution in [-0.4, -0.2) is 98.4 Å². The van der Waals surface area contributed by atoms with Gasteiger partial charge >= 0.3 is 5.97 Å². The molecular formula is C41H40ClFN8O5. The van der Waals surface area contributed by atoms with Gasteiger partial charge in [0.15, 0.2) is 11.6 Å². The van der Waals surface area contributed by atoms with Crippen molar-refractivity contribution in [2.45, 2.75) is 38.3 Å². The summed E-state index contributed by atoms with van der Waals surface area (Å²) in [6.45, 7) is 4.96. The van der Waals surface area contributed by atoms with Crippen LogP contribution in [0, 0.1) is 5.82 Å². The monoisotopic (exact) mass is 778 g/mol. The summed E-state index contributed by atoms with van der Waals surface area (Å²) in [5.74, 6) is -2.40. The highest BCUT2D eigenvalue weighted by Crippen LogP contribution is 2.44. The van der Waals surface area contributed by atoms with Gasteiger partial charge < -0.3 is 19.9 Å². The lowest BCUT2D eigenvalue weighted by Crippen LogP contribution is -2.55. The van der Waals surface area contributed by atoms with Crippen LogP contribution in [0.25, 0.3) is 22.9 Å². The van der Waals surface area contributed by atoms with E-state index in [1.807, 2.05) is 63.2 Å². The van der Waals surface area contributed by atoms with Crippen molar-refractivity contribution in [1.82, 2.24) is 40.3 Å². The molecule has 2 aromatic heterocycles. The molecule has 1 atom stereocenters. The Morgan fingerprint density at radius 3 is 2.45 bits per heavy atom. The molecule has 0 radical (unpaired) electrons. The average Bonchev–Trinajstić information content (AvgIpc) is 3.72. The van der Waals surface area contributed by atoms with Gasteiger partial charge in [-0.15, -0.1) is 5.10 Å². The molecule has 5 aromatic rings. The van der Waals surface area contributed by atoms with Crippen LogP contribution in [0.3, 0.4) is 0 Å². The molecule has 0 saturated carbocycles. The van der Waals surface area contributed by atoms with E-state index >= 15 is 4.39 Å². The number of fused-ring (bicyclic) bond motifs is 1. The van der Waals surface area contributed by atoms with Gasteiger partial charge in [0.25, 0.3) is 5.91 Å². The van der Waals surface area contributed by atoms with Crippen LogP contribution in [0.2, 0.25) is 5.02 Å². The Hall–Kier alpha value is -6.12. The second-order valence-corrected chi connectivity index (χ2v) is 14.6. The summed E-state index contributed by atoms with van der Waals surface area (Å²) in [7, 11) is 5.14. The maximum Gasteiger partial charge on any atom is 0.339 e. The zero-order valence-electron chi connectivity index (χ0n) is 31.5. The van der Waals surface area contributed by atoms with E-state index in [9.17, 15) is 19.2 Å². The van der Waals surface area contributed by atoms with Gasteiger partial charge in [0, 0.05) is 47.7 Å². The Kier molecular flexibility index (Phi) is 11.8. The minimum absolute atomic E-state index is 0.0248. The summed E-state index contributed by atoms with van der Waals surface area (Å²) >= 11 is 6.15. The molecule has 1 unspecified atom stereocenters. The number of rotatable bonds is 12. The number of ketones is 1. The number of hydrogen-bond donors (Lipinski definition) is 1. The van der Waals surface area contributed by atoms with Crippen LogP contribution in [-0.2, 0) is 27.2 Å². The summed E-state index contributed by atoms with van der Waals surface area (Å²) in [6, 6.07) is 17.8. The molecular weight excluding hydrogens is 739 g/mol. The van der Waals surface area contributed by atoms with E-state index in [0.717, 1.165) is 16.7 Å². The van der Waals surface area contributed by atoms with Crippen molar-refractivity contribution in [1.29, 1.82) is 0 Å². The summed E-state index contributed by atoms with van der Waals surface area (Å²) in [6.07, 6.45) is 5.34. The summed E-state index contributed by atoms with van der Waals surface area (Å²) in [4.78, 5) is 61.7. The molecule has 288 valence electrons. The molecule has 2 amide bonds. The largest absolute Gasteiger partial charge is 0.465 e. The van der Waals surface area contributed by atoms with Gasteiger partial charge in [-0.25, -0.2) is 9.18 Å². The zero-order chi connectivity index (χ0) is 40.1. The molecule has 1 N–H and O–H groups in total. The fraction of sp³-hybridized carbons (Fsp3) is 0.268. The van der Waals surface area contributed by atoms with Gasteiger partial charge in [0.05, 0.1) is 29.8 Å². The van der Waals surface area contributed by atoms with Crippen LogP contribution in [0.4, 0.5) is 4.39 Å². The number of likely N-dealkylation sites (N-methyl/N-ethyl adjacent to an activating group) is 1. The normalized spacial score (nSPS) is 14.8. The van der Waals surface area contributed by atoms with Crippen LogP contribution in [0.5, 0.6) is 0 Å². The number of nitrogens with zero attached hydrogens (tertiary/aromatic N) is 7. The lowest BCUT2D eigenvalue weighted by Gasteiger charge is -2.48. The number of Topliss-reactive ketones (excluding diaryl/α,β-unsaturated/α-hetero) is 1. The number of benzene rings is 3. The second-order valence-electron chi connectivity index (χ2n) is 14.2. The number of methoxy groups -OCH3 is 1. The van der Waals surface area contributed by atoms with Crippen LogP contribution in [0.1, 0.15) is 63.0 Å². The quantitative estimate of drug-likeness (QED) is 0.130. The Labute approximate surface area is 328 Å². The molecule has 0 bridgehead atoms. The lowest BCUT2D eigenvalue weighted by molar-refractivity contribution is -0.143. The molecule has 3 heterocycles. The third kappa shape index (κ3) is 8.41. The highest BCUT2D eigenvalue weighted by Gasteiger charge is 2.45. The van der Waals surface area contributed by atoms with E-state index in [0.29, 0.717) is 36.3 Å². The second kappa shape index (κ2) is 16.7. The number of tetrazole rings is 1. The van der Waals surface area contributed by atoms with Crippen molar-refractivity contribution < 1.29 is 28.3 Å². The maximum absolute atomic E-state index is 15.5. The predicted molar refractivity (Wildman–Crippen MR) is 208 cm³/mol. The first-order valence-electron chi connectivity index (χ1n) is 17.7. The molecule has 6 rings (SSSR count). The Morgan fingerprint density at radius 2 is 1.79 bits per heavy atom. The number of carbonyl (C=O) groups is 4. The first-order chi connectivity index (χ1) is 26.8. The molecule has 0 aliphatic carbocycles. The highest BCUT2D eigenvalue weighted by molar-refractivity contribution is 6.31. The van der Waals surface area contributed by atoms with Crippen molar-refractivity contribution in [3.8, 4) is 16.8 Å². The van der Waals surface area contributed by atoms with E-state index in [4.69, 9.17) is 16.3 Å². The van der Waals surface area contributed by atoms with Gasteiger partial charge in [-0.3, -0.25) is 19.4 Å². The lowest BCUT2D eigenvalue weighted by atomic mass is 9.76. The highest BCUT2D eigenvalue weighted by atomic mass is 35.5. The summed E-state index contributed by atoms with van der Waals surface area (Å²) in [5.41, 5.74) is 3.58. The van der Waals surface area contributed by atoms with Gasteiger partial charge in [-0.2, -0.15) is 4.68 Å². The minimum atomic E-state index is -1.09. The van der Waals surface area contributed by atoms with E-state index < -0.39 is 29.3 Å². The van der Waals surface area contributed by atoms with Crippen molar-refractivity contribution in [3.05, 3.63) is 130 Å². The van der Waals surface area contributed by atoms with Gasteiger partial charge in [0.1, 0.15) is 12.4 Å². The molecule has 1 aliphatic heterocycles. The summed E-state index contributed by atoms with van der Waals surface area (Å²) < 4.78 is 21.5. The van der Waals surface area contributed by atoms with Crippen molar-refractivity contribution in [3.63, 3.8) is 0 Å². The maximum atomic E-state index is 15.5. The first kappa shape index (κ1) is 39.6. The number of halogens is 2. The molecule has 0 spiro atoms. The predicted octanol–water partition coefficient (Wildman–Crippen LogP) is 5.32. The molecule has 56 heavy (non-hydrogen) atoms. The summed E-state index contributed by atoms with van der Waals surface area (Å²) in [5, 5.41) is 13.9. The molecule has 15 heteroatoms. The van der Waals surface area contributed by atoms with E-state index in [1.54, 1.807) is 18.2 Å². The topological polar surface area (TPSA) is 153 Å². The molecule has 0 fully saturated rings. The van der Waals surface area contributed by atoms with E-state index in [-0.39, 0.29) is 39.9 Å². The van der Waals surface area contributed by atoms with E-state index in [2.05, 4.69) is 25.8 Å². The van der Waals surface area contributed by atoms with Crippen molar-refractivity contribution in [2.24, 2.45) is 0 Å². The number of ether oxygens (including phenoxy) is 1. The SMILES string of the molecule is COC(=O)c1ccc(CC(=O)C2c3cccc(-c4ccc(C(=O)NCCN(C)C)cc4)c3CC(C)(C)N2C(=O)/C=C/c2c(-n3cnnn3)ccc(Cl)c2F)nc1.